The predicted molar refractivity (Wildman–Crippen MR) is 152 cm³/mol. The highest BCUT2D eigenvalue weighted by molar-refractivity contribution is 14.1. The van der Waals surface area contributed by atoms with Gasteiger partial charge in [0.2, 0.25) is 0 Å². The molecule has 0 aliphatic carbocycles. The topological polar surface area (TPSA) is 84.9 Å². The van der Waals surface area contributed by atoms with Gasteiger partial charge in [-0.25, -0.2) is 9.69 Å². The number of halogens is 4. The molecule has 1 saturated heterocycles. The van der Waals surface area contributed by atoms with Crippen LogP contribution in [0.2, 0.25) is 15.1 Å². The van der Waals surface area contributed by atoms with E-state index in [1.54, 1.807) is 42.5 Å². The van der Waals surface area contributed by atoms with Gasteiger partial charge in [0.25, 0.3) is 11.8 Å². The van der Waals surface area contributed by atoms with E-state index in [0.29, 0.717) is 42.3 Å². The van der Waals surface area contributed by atoms with E-state index in [2.05, 4.69) is 27.9 Å². The van der Waals surface area contributed by atoms with Crippen LogP contribution in [0.1, 0.15) is 18.1 Å². The number of anilines is 1. The fourth-order valence-corrected chi connectivity index (χ4v) is 4.88. The highest BCUT2D eigenvalue weighted by Gasteiger charge is 2.36. The van der Waals surface area contributed by atoms with Crippen LogP contribution >= 0.6 is 57.4 Å². The molecule has 1 aliphatic rings. The first-order valence-electron chi connectivity index (χ1n) is 10.9. The van der Waals surface area contributed by atoms with Crippen molar-refractivity contribution in [3.63, 3.8) is 0 Å². The number of carbonyl (C=O) groups excluding carboxylic acids is 3. The van der Waals surface area contributed by atoms with Crippen LogP contribution in [0.3, 0.4) is 0 Å². The van der Waals surface area contributed by atoms with Gasteiger partial charge in [-0.1, -0.05) is 40.9 Å². The fourth-order valence-electron chi connectivity index (χ4n) is 3.51. The maximum atomic E-state index is 13.2. The van der Waals surface area contributed by atoms with Gasteiger partial charge >= 0.3 is 6.03 Å². The molecule has 0 atom stereocenters. The highest BCUT2D eigenvalue weighted by Crippen LogP contribution is 2.36. The molecule has 0 spiro atoms. The number of hydrogen-bond acceptors (Lipinski definition) is 5. The lowest BCUT2D eigenvalue weighted by molar-refractivity contribution is -0.122. The minimum atomic E-state index is -0.844. The van der Waals surface area contributed by atoms with Crippen molar-refractivity contribution >= 4 is 87.0 Å². The Morgan fingerprint density at radius 1 is 0.946 bits per heavy atom. The van der Waals surface area contributed by atoms with E-state index in [9.17, 15) is 14.4 Å². The van der Waals surface area contributed by atoms with Crippen molar-refractivity contribution < 1.29 is 23.9 Å². The van der Waals surface area contributed by atoms with Gasteiger partial charge in [-0.3, -0.25) is 14.9 Å². The fraction of sp³-hybridized carbons (Fsp3) is 0.115. The monoisotopic (exact) mass is 670 g/mol. The first-order valence-corrected chi connectivity index (χ1v) is 13.1. The Balaban J connectivity index is 1.66. The zero-order valence-electron chi connectivity index (χ0n) is 19.2. The Morgan fingerprint density at radius 2 is 1.65 bits per heavy atom. The van der Waals surface area contributed by atoms with Crippen LogP contribution in [0, 0.1) is 3.57 Å². The summed E-state index contributed by atoms with van der Waals surface area (Å²) in [6, 6.07) is 13.8. The van der Waals surface area contributed by atoms with Crippen LogP contribution in [0.25, 0.3) is 6.08 Å². The quantitative estimate of drug-likeness (QED) is 0.168. The second kappa shape index (κ2) is 11.7. The number of ether oxygens (including phenoxy) is 2. The van der Waals surface area contributed by atoms with Crippen LogP contribution in [0.15, 0.2) is 60.2 Å². The third-order valence-corrected chi connectivity index (χ3v) is 6.86. The lowest BCUT2D eigenvalue weighted by atomic mass is 10.1. The van der Waals surface area contributed by atoms with Gasteiger partial charge in [-0.15, -0.1) is 0 Å². The minimum Gasteiger partial charge on any atom is -0.490 e. The number of benzene rings is 3. The Morgan fingerprint density at radius 3 is 2.32 bits per heavy atom. The molecule has 0 aromatic heterocycles. The maximum absolute atomic E-state index is 13.2. The summed E-state index contributed by atoms with van der Waals surface area (Å²) >= 11 is 20.2. The molecule has 0 radical (unpaired) electrons. The molecule has 37 heavy (non-hydrogen) atoms. The maximum Gasteiger partial charge on any atom is 0.335 e. The molecular formula is C26H18Cl3IN2O5. The number of carbonyl (C=O) groups is 3. The first kappa shape index (κ1) is 27.3. The zero-order chi connectivity index (χ0) is 26.7. The van der Waals surface area contributed by atoms with Crippen LogP contribution in [-0.4, -0.2) is 24.5 Å². The van der Waals surface area contributed by atoms with E-state index < -0.39 is 17.8 Å². The molecule has 0 unspecified atom stereocenters. The Hall–Kier alpha value is -2.79. The smallest absolute Gasteiger partial charge is 0.335 e. The van der Waals surface area contributed by atoms with Crippen molar-refractivity contribution in [2.45, 2.75) is 13.5 Å². The second-order valence-corrected chi connectivity index (χ2v) is 10.2. The SMILES string of the molecule is CCOc1cc(/C=C2\C(=O)NC(=O)N(c3ccc(Cl)cc3)C2=O)cc(I)c1OCc1ccc(Cl)cc1Cl. The van der Waals surface area contributed by atoms with Crippen molar-refractivity contribution in [3.8, 4) is 11.5 Å². The van der Waals surface area contributed by atoms with E-state index >= 15 is 0 Å². The average Bonchev–Trinajstić information content (AvgIpc) is 2.83. The Kier molecular flexibility index (Phi) is 8.63. The van der Waals surface area contributed by atoms with Crippen LogP contribution in [0.5, 0.6) is 11.5 Å². The summed E-state index contributed by atoms with van der Waals surface area (Å²) in [4.78, 5) is 39.1. The number of hydrogen-bond donors (Lipinski definition) is 1. The molecule has 1 N–H and O–H groups in total. The third-order valence-electron chi connectivity index (χ3n) is 5.22. The van der Waals surface area contributed by atoms with E-state index in [4.69, 9.17) is 44.3 Å². The molecule has 1 heterocycles. The average molecular weight is 672 g/mol. The molecule has 4 amide bonds. The van der Waals surface area contributed by atoms with Gasteiger partial charge in [-0.05, 0) is 89.7 Å². The van der Waals surface area contributed by atoms with Crippen LogP contribution in [0.4, 0.5) is 10.5 Å². The molecule has 3 aromatic rings. The summed E-state index contributed by atoms with van der Waals surface area (Å²) in [6.07, 6.45) is 1.40. The molecule has 190 valence electrons. The van der Waals surface area contributed by atoms with E-state index in [1.807, 2.05) is 6.92 Å². The van der Waals surface area contributed by atoms with Gasteiger partial charge in [0, 0.05) is 20.6 Å². The van der Waals surface area contributed by atoms with Gasteiger partial charge in [0.1, 0.15) is 12.2 Å². The van der Waals surface area contributed by atoms with Gasteiger partial charge in [0.05, 0.1) is 15.9 Å². The largest absolute Gasteiger partial charge is 0.490 e. The molecule has 1 aliphatic heterocycles. The molecule has 7 nitrogen and oxygen atoms in total. The van der Waals surface area contributed by atoms with Crippen LogP contribution < -0.4 is 19.7 Å². The van der Waals surface area contributed by atoms with Gasteiger partial charge in [-0.2, -0.15) is 0 Å². The van der Waals surface area contributed by atoms with Gasteiger partial charge in [0.15, 0.2) is 11.5 Å². The highest BCUT2D eigenvalue weighted by atomic mass is 127. The summed E-state index contributed by atoms with van der Waals surface area (Å²) in [5.74, 6) is -0.665. The Labute approximate surface area is 241 Å². The third kappa shape index (κ3) is 6.20. The lowest BCUT2D eigenvalue weighted by Crippen LogP contribution is -2.54. The summed E-state index contributed by atoms with van der Waals surface area (Å²) in [5, 5.41) is 3.64. The Bertz CT molecular complexity index is 1430. The number of nitrogens with zero attached hydrogens (tertiary/aromatic N) is 1. The number of urea groups is 1. The van der Waals surface area contributed by atoms with Crippen LogP contribution in [-0.2, 0) is 16.2 Å². The molecule has 4 rings (SSSR count). The van der Waals surface area contributed by atoms with E-state index in [0.717, 1.165) is 10.5 Å². The molecule has 3 aromatic carbocycles. The van der Waals surface area contributed by atoms with Crippen molar-refractivity contribution in [2.24, 2.45) is 0 Å². The van der Waals surface area contributed by atoms with E-state index in [1.165, 1.54) is 18.2 Å². The summed E-state index contributed by atoms with van der Waals surface area (Å²) in [6.45, 7) is 2.35. The first-order chi connectivity index (χ1) is 17.7. The number of imide groups is 2. The second-order valence-electron chi connectivity index (χ2n) is 7.72. The normalized spacial score (nSPS) is 14.7. The number of rotatable bonds is 7. The molecule has 0 bridgehead atoms. The summed E-state index contributed by atoms with van der Waals surface area (Å²) in [5.41, 5.74) is 1.31. The van der Waals surface area contributed by atoms with Crippen molar-refractivity contribution in [3.05, 3.63) is 89.9 Å². The summed E-state index contributed by atoms with van der Waals surface area (Å²) in [7, 11) is 0. The molecule has 0 saturated carbocycles. The van der Waals surface area contributed by atoms with E-state index in [-0.39, 0.29) is 17.9 Å². The predicted octanol–water partition coefficient (Wildman–Crippen LogP) is 6.90. The number of amides is 4. The number of barbiturate groups is 1. The van der Waals surface area contributed by atoms with Crippen molar-refractivity contribution in [1.82, 2.24) is 5.32 Å². The zero-order valence-corrected chi connectivity index (χ0v) is 23.6. The lowest BCUT2D eigenvalue weighted by Gasteiger charge is -2.26. The van der Waals surface area contributed by atoms with Crippen molar-refractivity contribution in [2.75, 3.05) is 11.5 Å². The van der Waals surface area contributed by atoms with Crippen molar-refractivity contribution in [1.29, 1.82) is 0 Å². The standard InChI is InChI=1S/C26H18Cl3IN2O5/c1-2-36-22-11-14(10-21(30)23(22)37-13-15-3-4-17(28)12-20(15)29)9-19-24(33)31-26(35)32(25(19)34)18-7-5-16(27)6-8-18/h3-12H,2,13H2,1H3,(H,31,33,35)/b19-9+. The molecule has 1 fully saturated rings. The summed E-state index contributed by atoms with van der Waals surface area (Å²) < 4.78 is 12.5. The molecule has 11 heteroatoms. The molecular weight excluding hydrogens is 654 g/mol. The minimum absolute atomic E-state index is 0.172. The van der Waals surface area contributed by atoms with Gasteiger partial charge < -0.3 is 9.47 Å². The number of nitrogens with one attached hydrogen (secondary N) is 1.